The van der Waals surface area contributed by atoms with Gasteiger partial charge in [0.1, 0.15) is 24.4 Å². The Kier molecular flexibility index (Phi) is 5.99. The quantitative estimate of drug-likeness (QED) is 0.259. The molecule has 2 aliphatic heterocycles. The first-order valence-electron chi connectivity index (χ1n) is 12.4. The Morgan fingerprint density at radius 2 is 0.971 bits per heavy atom. The maximum absolute atomic E-state index is 6.75. The van der Waals surface area contributed by atoms with E-state index in [0.717, 1.165) is 24.3 Å². The molecule has 4 aromatic carbocycles. The van der Waals surface area contributed by atoms with Crippen LogP contribution in [-0.2, 0) is 14.2 Å². The maximum Gasteiger partial charge on any atom is 0.112 e. The van der Waals surface area contributed by atoms with Gasteiger partial charge in [-0.1, -0.05) is 108 Å². The lowest BCUT2D eigenvalue weighted by Gasteiger charge is -2.24. The second-order valence-corrected chi connectivity index (χ2v) is 9.70. The molecule has 0 spiro atoms. The lowest BCUT2D eigenvalue weighted by molar-refractivity contribution is -0.0419. The Labute approximate surface area is 207 Å². The fourth-order valence-electron chi connectivity index (χ4n) is 4.76. The zero-order chi connectivity index (χ0) is 23.8. The van der Waals surface area contributed by atoms with E-state index >= 15 is 0 Å². The van der Waals surface area contributed by atoms with Gasteiger partial charge in [0.15, 0.2) is 0 Å². The van der Waals surface area contributed by atoms with Gasteiger partial charge in [0, 0.05) is 0 Å². The van der Waals surface area contributed by atoms with E-state index in [4.69, 9.17) is 14.2 Å². The summed E-state index contributed by atoms with van der Waals surface area (Å²) in [7, 11) is 0. The molecule has 4 unspecified atom stereocenters. The topological polar surface area (TPSA) is 34.3 Å². The van der Waals surface area contributed by atoms with Crippen molar-refractivity contribution in [2.24, 2.45) is 0 Å². The van der Waals surface area contributed by atoms with Crippen molar-refractivity contribution < 1.29 is 14.2 Å². The molecule has 3 heteroatoms. The Balaban J connectivity index is 1.23. The van der Waals surface area contributed by atoms with E-state index in [2.05, 4.69) is 111 Å². The predicted molar refractivity (Wildman–Crippen MR) is 139 cm³/mol. The van der Waals surface area contributed by atoms with Crippen molar-refractivity contribution >= 4 is 0 Å². The summed E-state index contributed by atoms with van der Waals surface area (Å²) in [5, 5.41) is 0. The Morgan fingerprint density at radius 1 is 0.571 bits per heavy atom. The van der Waals surface area contributed by atoms with Crippen LogP contribution >= 0.6 is 0 Å². The number of benzene rings is 4. The largest absolute Gasteiger partial charge is 0.370 e. The molecule has 2 heterocycles. The first-order valence-corrected chi connectivity index (χ1v) is 12.4. The van der Waals surface area contributed by atoms with Crippen molar-refractivity contribution in [3.63, 3.8) is 0 Å². The molecule has 3 nitrogen and oxygen atoms in total. The van der Waals surface area contributed by atoms with Gasteiger partial charge in [-0.3, -0.25) is 0 Å². The summed E-state index contributed by atoms with van der Waals surface area (Å²) in [6.07, 6.45) is -0.0558. The number of rotatable bonds is 8. The van der Waals surface area contributed by atoms with Crippen LogP contribution in [0.25, 0.3) is 22.3 Å². The fourth-order valence-corrected chi connectivity index (χ4v) is 4.76. The Morgan fingerprint density at radius 3 is 1.31 bits per heavy atom. The highest BCUT2D eigenvalue weighted by molar-refractivity contribution is 5.65. The molecule has 0 saturated carbocycles. The molecule has 2 saturated heterocycles. The molecular formula is C32H30O3. The molecule has 0 amide bonds. The number of aryl methyl sites for hydroxylation is 2. The highest BCUT2D eigenvalue weighted by Gasteiger charge is 2.42. The van der Waals surface area contributed by atoms with Crippen molar-refractivity contribution in [1.29, 1.82) is 0 Å². The summed E-state index contributed by atoms with van der Waals surface area (Å²) in [5.74, 6) is 0. The minimum absolute atomic E-state index is 0.0904. The lowest BCUT2D eigenvalue weighted by Crippen LogP contribution is -2.19. The minimum atomic E-state index is -0.118. The van der Waals surface area contributed by atoms with Crippen molar-refractivity contribution in [2.75, 3.05) is 13.2 Å². The summed E-state index contributed by atoms with van der Waals surface area (Å²) < 4.78 is 18.2. The number of epoxide rings is 2. The van der Waals surface area contributed by atoms with Crippen molar-refractivity contribution in [3.05, 3.63) is 119 Å². The van der Waals surface area contributed by atoms with Crippen LogP contribution in [0.5, 0.6) is 0 Å². The average Bonchev–Trinajstić information content (AvgIpc) is 3.80. The molecule has 4 atom stereocenters. The molecule has 0 N–H and O–H groups in total. The van der Waals surface area contributed by atoms with Crippen LogP contribution in [0.4, 0.5) is 0 Å². The van der Waals surface area contributed by atoms with Crippen LogP contribution in [0.1, 0.15) is 34.5 Å². The van der Waals surface area contributed by atoms with Crippen LogP contribution in [0.15, 0.2) is 97.1 Å². The van der Waals surface area contributed by atoms with Gasteiger partial charge in [-0.25, -0.2) is 0 Å². The second kappa shape index (κ2) is 9.43. The molecule has 0 radical (unpaired) electrons. The number of hydrogen-bond donors (Lipinski definition) is 0. The van der Waals surface area contributed by atoms with Crippen LogP contribution in [0.2, 0.25) is 0 Å². The molecule has 2 fully saturated rings. The third-order valence-electron chi connectivity index (χ3n) is 6.87. The zero-order valence-electron chi connectivity index (χ0n) is 20.2. The Bertz CT molecular complexity index is 1200. The first-order chi connectivity index (χ1) is 17.1. The van der Waals surface area contributed by atoms with Gasteiger partial charge >= 0.3 is 0 Å². The summed E-state index contributed by atoms with van der Waals surface area (Å²) in [4.78, 5) is 0. The van der Waals surface area contributed by atoms with Gasteiger partial charge in [-0.05, 0) is 47.2 Å². The first kappa shape index (κ1) is 22.2. The lowest BCUT2D eigenvalue weighted by atomic mass is 9.98. The molecule has 176 valence electrons. The summed E-state index contributed by atoms with van der Waals surface area (Å²) in [5.41, 5.74) is 9.70. The van der Waals surface area contributed by atoms with Gasteiger partial charge in [-0.2, -0.15) is 0 Å². The molecular weight excluding hydrogens is 432 g/mol. The molecule has 0 aromatic heterocycles. The van der Waals surface area contributed by atoms with Gasteiger partial charge < -0.3 is 14.2 Å². The van der Waals surface area contributed by atoms with Crippen LogP contribution in [-0.4, -0.2) is 25.4 Å². The van der Waals surface area contributed by atoms with Crippen LogP contribution in [0, 0.1) is 13.8 Å². The molecule has 0 bridgehead atoms. The number of hydrogen-bond acceptors (Lipinski definition) is 3. The van der Waals surface area contributed by atoms with E-state index in [1.165, 1.54) is 33.4 Å². The summed E-state index contributed by atoms with van der Waals surface area (Å²) in [6.45, 7) is 5.71. The highest BCUT2D eigenvalue weighted by atomic mass is 16.6. The third-order valence-corrected chi connectivity index (χ3v) is 6.87. The smallest absolute Gasteiger partial charge is 0.112 e. The zero-order valence-corrected chi connectivity index (χ0v) is 20.2. The van der Waals surface area contributed by atoms with Crippen LogP contribution < -0.4 is 0 Å². The summed E-state index contributed by atoms with van der Waals surface area (Å²) in [6, 6.07) is 34.6. The highest BCUT2D eigenvalue weighted by Crippen LogP contribution is 2.41. The van der Waals surface area contributed by atoms with E-state index in [-0.39, 0.29) is 24.4 Å². The van der Waals surface area contributed by atoms with Crippen molar-refractivity contribution in [1.82, 2.24) is 0 Å². The number of ether oxygens (including phenoxy) is 3. The molecule has 4 aromatic rings. The molecule has 35 heavy (non-hydrogen) atoms. The van der Waals surface area contributed by atoms with Crippen LogP contribution in [0.3, 0.4) is 0 Å². The van der Waals surface area contributed by atoms with E-state index < -0.39 is 0 Å². The molecule has 2 aliphatic rings. The second-order valence-electron chi connectivity index (χ2n) is 9.70. The molecule has 0 aliphatic carbocycles. The monoisotopic (exact) mass is 462 g/mol. The van der Waals surface area contributed by atoms with Crippen molar-refractivity contribution in [3.8, 4) is 22.3 Å². The van der Waals surface area contributed by atoms with E-state index in [0.29, 0.717) is 0 Å². The van der Waals surface area contributed by atoms with Gasteiger partial charge in [0.2, 0.25) is 0 Å². The predicted octanol–water partition coefficient (Wildman–Crippen LogP) is 7.23. The third kappa shape index (κ3) is 5.08. The summed E-state index contributed by atoms with van der Waals surface area (Å²) >= 11 is 0. The molecule has 6 rings (SSSR count). The van der Waals surface area contributed by atoms with E-state index in [9.17, 15) is 0 Å². The van der Waals surface area contributed by atoms with E-state index in [1.807, 2.05) is 0 Å². The van der Waals surface area contributed by atoms with E-state index in [1.54, 1.807) is 0 Å². The van der Waals surface area contributed by atoms with Crippen molar-refractivity contribution in [2.45, 2.75) is 38.3 Å². The van der Waals surface area contributed by atoms with Gasteiger partial charge in [-0.15, -0.1) is 0 Å². The van der Waals surface area contributed by atoms with Gasteiger partial charge in [0.25, 0.3) is 0 Å². The van der Waals surface area contributed by atoms with Gasteiger partial charge in [0.05, 0.1) is 13.2 Å². The average molecular weight is 463 g/mol. The standard InChI is InChI=1S/C32H30O3/c1-21-5-3-7-27(17-21)23-9-13-25(14-10-23)31(29-19-33-29)35-32(30-20-34-30)26-15-11-24(12-16-26)28-8-4-6-22(2)18-28/h3-18,29-32H,19-20H2,1-2H3. The minimum Gasteiger partial charge on any atom is -0.370 e. The SMILES string of the molecule is Cc1cccc(-c2ccc(C(OC(c3ccc(-c4cccc(C)c4)cc3)C3CO3)C3CO3)cc2)c1. The Hall–Kier alpha value is -3.24. The normalized spacial score (nSPS) is 20.3. The fraction of sp³-hybridized carbons (Fsp3) is 0.250. The maximum atomic E-state index is 6.75.